The molecule has 1 aromatic rings. The maximum atomic E-state index is 5.57. The van der Waals surface area contributed by atoms with Crippen molar-refractivity contribution in [2.75, 3.05) is 13.2 Å². The highest BCUT2D eigenvalue weighted by Crippen LogP contribution is 2.03. The number of nitrogens with two attached hydrogens (primary N) is 1. The first kappa shape index (κ1) is 10.2. The summed E-state index contributed by atoms with van der Waals surface area (Å²) >= 11 is 0. The topological polar surface area (TPSA) is 53.1 Å². The molecule has 0 amide bonds. The Morgan fingerprint density at radius 3 is 3.00 bits per heavy atom. The van der Waals surface area contributed by atoms with Crippen molar-refractivity contribution in [2.24, 2.45) is 5.73 Å². The van der Waals surface area contributed by atoms with Gasteiger partial charge >= 0.3 is 0 Å². The predicted octanol–water partition coefficient (Wildman–Crippen LogP) is 0.687. The van der Waals surface area contributed by atoms with E-state index in [9.17, 15) is 0 Å². The van der Waals surface area contributed by atoms with Crippen LogP contribution in [0.15, 0.2) is 6.20 Å². The molecule has 0 saturated carbocycles. The third-order valence-electron chi connectivity index (χ3n) is 2.01. The molecule has 0 spiro atoms. The molecule has 1 heterocycles. The molecular weight excluding hydrogens is 166 g/mol. The highest BCUT2D eigenvalue weighted by Gasteiger charge is 2.03. The quantitative estimate of drug-likeness (QED) is 0.683. The van der Waals surface area contributed by atoms with Gasteiger partial charge in [0.05, 0.1) is 12.3 Å². The summed E-state index contributed by atoms with van der Waals surface area (Å²) in [7, 11) is 0. The van der Waals surface area contributed by atoms with Crippen molar-refractivity contribution in [1.82, 2.24) is 9.55 Å². The Bertz CT molecular complexity index is 257. The fraction of sp³-hybridized carbons (Fsp3) is 0.667. The van der Waals surface area contributed by atoms with E-state index < -0.39 is 0 Å². The van der Waals surface area contributed by atoms with Crippen molar-refractivity contribution in [2.45, 2.75) is 26.9 Å². The highest BCUT2D eigenvalue weighted by molar-refractivity contribution is 5.03. The van der Waals surface area contributed by atoms with Gasteiger partial charge in [-0.1, -0.05) is 0 Å². The van der Waals surface area contributed by atoms with Crippen LogP contribution < -0.4 is 5.73 Å². The third kappa shape index (κ3) is 2.54. The van der Waals surface area contributed by atoms with Gasteiger partial charge in [0, 0.05) is 25.9 Å². The Kier molecular flexibility index (Phi) is 3.92. The van der Waals surface area contributed by atoms with E-state index in [0.29, 0.717) is 6.54 Å². The Balaban J connectivity index is 2.57. The van der Waals surface area contributed by atoms with Crippen LogP contribution in [-0.4, -0.2) is 22.8 Å². The van der Waals surface area contributed by atoms with Gasteiger partial charge in [-0.05, 0) is 13.8 Å². The van der Waals surface area contributed by atoms with Crippen LogP contribution in [0.25, 0.3) is 0 Å². The molecule has 0 aromatic carbocycles. The number of imidazole rings is 1. The number of hydrogen-bond donors (Lipinski definition) is 1. The van der Waals surface area contributed by atoms with E-state index in [2.05, 4.69) is 9.55 Å². The van der Waals surface area contributed by atoms with Crippen LogP contribution in [0, 0.1) is 6.92 Å². The zero-order chi connectivity index (χ0) is 9.68. The molecule has 0 bridgehead atoms. The van der Waals surface area contributed by atoms with Crippen molar-refractivity contribution in [1.29, 1.82) is 0 Å². The predicted molar refractivity (Wildman–Crippen MR) is 51.3 cm³/mol. The molecule has 0 radical (unpaired) electrons. The number of aromatic nitrogens is 2. The molecule has 2 N–H and O–H groups in total. The van der Waals surface area contributed by atoms with E-state index in [1.54, 1.807) is 0 Å². The summed E-state index contributed by atoms with van der Waals surface area (Å²) in [6.45, 7) is 6.82. The molecule has 1 aromatic heterocycles. The maximum Gasteiger partial charge on any atom is 0.105 e. The molecule has 4 heteroatoms. The fourth-order valence-electron chi connectivity index (χ4n) is 1.28. The van der Waals surface area contributed by atoms with E-state index in [4.69, 9.17) is 10.5 Å². The number of rotatable bonds is 5. The van der Waals surface area contributed by atoms with Gasteiger partial charge in [0.15, 0.2) is 0 Å². The van der Waals surface area contributed by atoms with Gasteiger partial charge in [0.2, 0.25) is 0 Å². The lowest BCUT2D eigenvalue weighted by atomic mass is 10.4. The van der Waals surface area contributed by atoms with Gasteiger partial charge in [-0.15, -0.1) is 0 Å². The first-order chi connectivity index (χ1) is 6.29. The normalized spacial score (nSPS) is 10.7. The van der Waals surface area contributed by atoms with Gasteiger partial charge in [0.25, 0.3) is 0 Å². The minimum Gasteiger partial charge on any atom is -0.380 e. The standard InChI is InChI=1S/C9H17N3O/c1-3-13-5-4-12-8(2)11-7-9(12)6-10/h7H,3-6,10H2,1-2H3. The Labute approximate surface area is 78.7 Å². The Hall–Kier alpha value is -0.870. The van der Waals surface area contributed by atoms with Crippen LogP contribution in [-0.2, 0) is 17.8 Å². The number of aryl methyl sites for hydroxylation is 1. The molecule has 4 nitrogen and oxygen atoms in total. The average Bonchev–Trinajstić information content (AvgIpc) is 2.48. The molecule has 0 fully saturated rings. The number of hydrogen-bond acceptors (Lipinski definition) is 3. The molecule has 0 unspecified atom stereocenters. The van der Waals surface area contributed by atoms with Crippen LogP contribution in [0.1, 0.15) is 18.4 Å². The van der Waals surface area contributed by atoms with E-state index in [0.717, 1.165) is 31.3 Å². The summed E-state index contributed by atoms with van der Waals surface area (Å²) in [5.74, 6) is 1.00. The highest BCUT2D eigenvalue weighted by atomic mass is 16.5. The van der Waals surface area contributed by atoms with E-state index in [-0.39, 0.29) is 0 Å². The fourth-order valence-corrected chi connectivity index (χ4v) is 1.28. The van der Waals surface area contributed by atoms with Crippen LogP contribution in [0.3, 0.4) is 0 Å². The van der Waals surface area contributed by atoms with Crippen molar-refractivity contribution in [3.63, 3.8) is 0 Å². The van der Waals surface area contributed by atoms with Crippen LogP contribution in [0.5, 0.6) is 0 Å². The van der Waals surface area contributed by atoms with Gasteiger partial charge in [-0.3, -0.25) is 0 Å². The zero-order valence-corrected chi connectivity index (χ0v) is 8.29. The summed E-state index contributed by atoms with van der Waals surface area (Å²) in [5, 5.41) is 0. The lowest BCUT2D eigenvalue weighted by Gasteiger charge is -2.08. The molecule has 0 aliphatic heterocycles. The molecule has 0 aliphatic rings. The summed E-state index contributed by atoms with van der Waals surface area (Å²) in [6.07, 6.45) is 1.82. The lowest BCUT2D eigenvalue weighted by molar-refractivity contribution is 0.138. The second-order valence-electron chi connectivity index (χ2n) is 2.85. The molecule has 1 rings (SSSR count). The largest absolute Gasteiger partial charge is 0.380 e. The van der Waals surface area contributed by atoms with Gasteiger partial charge in [-0.2, -0.15) is 0 Å². The molecule has 13 heavy (non-hydrogen) atoms. The number of nitrogens with zero attached hydrogens (tertiary/aromatic N) is 2. The first-order valence-corrected chi connectivity index (χ1v) is 4.58. The van der Waals surface area contributed by atoms with Crippen molar-refractivity contribution >= 4 is 0 Å². The minimum absolute atomic E-state index is 0.535. The molecule has 74 valence electrons. The lowest BCUT2D eigenvalue weighted by Crippen LogP contribution is -2.12. The van der Waals surface area contributed by atoms with E-state index >= 15 is 0 Å². The number of ether oxygens (including phenoxy) is 1. The zero-order valence-electron chi connectivity index (χ0n) is 8.29. The van der Waals surface area contributed by atoms with Crippen molar-refractivity contribution in [3.05, 3.63) is 17.7 Å². The summed E-state index contributed by atoms with van der Waals surface area (Å²) in [6, 6.07) is 0. The maximum absolute atomic E-state index is 5.57. The molecule has 0 saturated heterocycles. The second-order valence-corrected chi connectivity index (χ2v) is 2.85. The minimum atomic E-state index is 0.535. The third-order valence-corrected chi connectivity index (χ3v) is 2.01. The summed E-state index contributed by atoms with van der Waals surface area (Å²) < 4.78 is 7.36. The van der Waals surface area contributed by atoms with Crippen molar-refractivity contribution in [3.8, 4) is 0 Å². The van der Waals surface area contributed by atoms with Crippen LogP contribution in [0.2, 0.25) is 0 Å². The van der Waals surface area contributed by atoms with E-state index in [1.165, 1.54) is 0 Å². The Morgan fingerprint density at radius 1 is 1.62 bits per heavy atom. The monoisotopic (exact) mass is 183 g/mol. The molecular formula is C9H17N3O. The van der Waals surface area contributed by atoms with Gasteiger partial charge in [0.1, 0.15) is 5.82 Å². The average molecular weight is 183 g/mol. The molecule has 0 aliphatic carbocycles. The first-order valence-electron chi connectivity index (χ1n) is 4.58. The molecule has 0 atom stereocenters. The van der Waals surface area contributed by atoms with Gasteiger partial charge in [-0.25, -0.2) is 4.98 Å². The smallest absolute Gasteiger partial charge is 0.105 e. The van der Waals surface area contributed by atoms with Crippen LogP contribution in [0.4, 0.5) is 0 Å². The Morgan fingerprint density at radius 2 is 2.38 bits per heavy atom. The van der Waals surface area contributed by atoms with E-state index in [1.807, 2.05) is 20.0 Å². The summed E-state index contributed by atoms with van der Waals surface area (Å²) in [4.78, 5) is 4.19. The second kappa shape index (κ2) is 4.99. The SMILES string of the molecule is CCOCCn1c(CN)cnc1C. The van der Waals surface area contributed by atoms with Crippen molar-refractivity contribution < 1.29 is 4.74 Å². The van der Waals surface area contributed by atoms with Gasteiger partial charge < -0.3 is 15.0 Å². The van der Waals surface area contributed by atoms with Crippen LogP contribution >= 0.6 is 0 Å². The summed E-state index contributed by atoms with van der Waals surface area (Å²) in [5.41, 5.74) is 6.63.